The Balaban J connectivity index is 1.78. The Kier molecular flexibility index (Phi) is 4.69. The van der Waals surface area contributed by atoms with Crippen LogP contribution in [0.1, 0.15) is 17.0 Å². The van der Waals surface area contributed by atoms with Gasteiger partial charge in [-0.2, -0.15) is 0 Å². The molecular weight excluding hydrogens is 276 g/mol. The summed E-state index contributed by atoms with van der Waals surface area (Å²) in [7, 11) is 0. The third-order valence-corrected chi connectivity index (χ3v) is 3.17. The zero-order chi connectivity index (χ0) is 14.5. The Morgan fingerprint density at radius 3 is 2.60 bits per heavy atom. The average molecular weight is 293 g/mol. The second-order valence-electron chi connectivity index (χ2n) is 4.62. The van der Waals surface area contributed by atoms with Gasteiger partial charge in [0.25, 0.3) is 5.91 Å². The minimum atomic E-state index is -0.154. The van der Waals surface area contributed by atoms with Gasteiger partial charge in [0.15, 0.2) is 6.61 Å². The molecule has 0 saturated heterocycles. The van der Waals surface area contributed by atoms with Crippen molar-refractivity contribution in [3.63, 3.8) is 0 Å². The van der Waals surface area contributed by atoms with Crippen LogP contribution in [0.3, 0.4) is 0 Å². The lowest BCUT2D eigenvalue weighted by Crippen LogP contribution is -2.28. The van der Waals surface area contributed by atoms with Crippen molar-refractivity contribution in [3.8, 4) is 5.75 Å². The summed E-state index contributed by atoms with van der Waals surface area (Å²) < 4.78 is 5.37. The number of halogens is 1. The molecule has 0 atom stereocenters. The Hall–Kier alpha value is -1.94. The molecule has 0 spiro atoms. The van der Waals surface area contributed by atoms with E-state index in [9.17, 15) is 4.79 Å². The lowest BCUT2D eigenvalue weighted by atomic mass is 10.2. The predicted molar refractivity (Wildman–Crippen MR) is 79.1 cm³/mol. The van der Waals surface area contributed by atoms with Gasteiger partial charge in [-0.25, -0.2) is 0 Å². The number of carbonyl (C=O) groups is 1. The van der Waals surface area contributed by atoms with Gasteiger partial charge in [0.05, 0.1) is 0 Å². The molecule has 0 aliphatic carbocycles. The van der Waals surface area contributed by atoms with Crippen LogP contribution in [0, 0.1) is 13.8 Å². The number of carbonyl (C=O) groups excluding carboxylic acids is 1. The van der Waals surface area contributed by atoms with Crippen molar-refractivity contribution in [3.05, 3.63) is 52.3 Å². The van der Waals surface area contributed by atoms with E-state index in [2.05, 4.69) is 10.3 Å². The zero-order valence-corrected chi connectivity index (χ0v) is 12.3. The molecule has 1 aromatic heterocycles. The smallest absolute Gasteiger partial charge is 0.258 e. The minimum absolute atomic E-state index is 0.00984. The van der Waals surface area contributed by atoms with Crippen LogP contribution in [-0.2, 0) is 11.3 Å². The van der Waals surface area contributed by atoms with Crippen LogP contribution in [0.15, 0.2) is 30.3 Å². The first-order chi connectivity index (χ1) is 9.54. The first-order valence-electron chi connectivity index (χ1n) is 6.35. The van der Waals surface area contributed by atoms with Gasteiger partial charge in [0.1, 0.15) is 5.75 Å². The van der Waals surface area contributed by atoms with E-state index < -0.39 is 0 Å². The summed E-state index contributed by atoms with van der Waals surface area (Å²) >= 11 is 5.77. The summed E-state index contributed by atoms with van der Waals surface area (Å²) in [5.74, 6) is 0.469. The number of hydrogen-bond donors (Lipinski definition) is 2. The van der Waals surface area contributed by atoms with E-state index in [0.717, 1.165) is 17.0 Å². The summed E-state index contributed by atoms with van der Waals surface area (Å²) in [5.41, 5.74) is 3.24. The van der Waals surface area contributed by atoms with Crippen molar-refractivity contribution in [2.75, 3.05) is 6.61 Å². The Bertz CT molecular complexity index is 590. The lowest BCUT2D eigenvalue weighted by Gasteiger charge is -2.07. The number of H-pyrrole nitrogens is 1. The van der Waals surface area contributed by atoms with Crippen molar-refractivity contribution in [2.45, 2.75) is 20.4 Å². The number of aromatic nitrogens is 1. The fourth-order valence-electron chi connectivity index (χ4n) is 1.89. The molecule has 1 amide bonds. The van der Waals surface area contributed by atoms with Gasteiger partial charge in [0.2, 0.25) is 0 Å². The van der Waals surface area contributed by atoms with Gasteiger partial charge in [-0.05, 0) is 49.7 Å². The second kappa shape index (κ2) is 6.48. The second-order valence-corrected chi connectivity index (χ2v) is 5.06. The summed E-state index contributed by atoms with van der Waals surface area (Å²) in [6.07, 6.45) is 0. The monoisotopic (exact) mass is 292 g/mol. The van der Waals surface area contributed by atoms with E-state index in [0.29, 0.717) is 17.3 Å². The molecule has 0 aliphatic rings. The van der Waals surface area contributed by atoms with Gasteiger partial charge >= 0.3 is 0 Å². The Morgan fingerprint density at radius 1 is 1.30 bits per heavy atom. The average Bonchev–Trinajstić information content (AvgIpc) is 2.74. The maximum Gasteiger partial charge on any atom is 0.258 e. The van der Waals surface area contributed by atoms with Crippen LogP contribution in [0.5, 0.6) is 5.75 Å². The topological polar surface area (TPSA) is 54.1 Å². The van der Waals surface area contributed by atoms with E-state index in [1.165, 1.54) is 0 Å². The van der Waals surface area contributed by atoms with Crippen molar-refractivity contribution >= 4 is 17.5 Å². The summed E-state index contributed by atoms with van der Waals surface area (Å²) in [5, 5.41) is 3.46. The molecular formula is C15H17ClN2O2. The van der Waals surface area contributed by atoms with Crippen molar-refractivity contribution in [1.82, 2.24) is 10.3 Å². The first-order valence-corrected chi connectivity index (χ1v) is 6.72. The van der Waals surface area contributed by atoms with Crippen molar-refractivity contribution in [1.29, 1.82) is 0 Å². The number of rotatable bonds is 5. The molecule has 1 heterocycles. The first kappa shape index (κ1) is 14.5. The molecule has 5 heteroatoms. The fourth-order valence-corrected chi connectivity index (χ4v) is 2.02. The zero-order valence-electron chi connectivity index (χ0n) is 11.5. The molecule has 0 bridgehead atoms. The van der Waals surface area contributed by atoms with Crippen LogP contribution >= 0.6 is 11.6 Å². The summed E-state index contributed by atoms with van der Waals surface area (Å²) in [6, 6.07) is 8.93. The number of nitrogens with one attached hydrogen (secondary N) is 2. The Morgan fingerprint density at radius 2 is 2.00 bits per heavy atom. The maximum atomic E-state index is 11.7. The van der Waals surface area contributed by atoms with E-state index in [4.69, 9.17) is 16.3 Å². The molecule has 2 rings (SSSR count). The van der Waals surface area contributed by atoms with Crippen LogP contribution in [0.25, 0.3) is 0 Å². The lowest BCUT2D eigenvalue weighted by molar-refractivity contribution is -0.123. The van der Waals surface area contributed by atoms with E-state index in [1.807, 2.05) is 19.9 Å². The fraction of sp³-hybridized carbons (Fsp3) is 0.267. The largest absolute Gasteiger partial charge is 0.484 e. The molecule has 0 radical (unpaired) electrons. The normalized spacial score (nSPS) is 10.3. The summed E-state index contributed by atoms with van der Waals surface area (Å²) in [4.78, 5) is 14.9. The van der Waals surface area contributed by atoms with Crippen molar-refractivity contribution in [2.24, 2.45) is 0 Å². The van der Waals surface area contributed by atoms with E-state index in [1.54, 1.807) is 24.3 Å². The molecule has 0 fully saturated rings. The van der Waals surface area contributed by atoms with Gasteiger partial charge < -0.3 is 15.0 Å². The van der Waals surface area contributed by atoms with Gasteiger partial charge in [-0.1, -0.05) is 11.6 Å². The molecule has 4 nitrogen and oxygen atoms in total. The van der Waals surface area contributed by atoms with Gasteiger partial charge in [0, 0.05) is 23.0 Å². The van der Waals surface area contributed by atoms with Gasteiger partial charge in [-0.15, -0.1) is 0 Å². The van der Waals surface area contributed by atoms with E-state index in [-0.39, 0.29) is 12.5 Å². The number of ether oxygens (including phenoxy) is 1. The predicted octanol–water partition coefficient (Wildman–Crippen LogP) is 2.98. The minimum Gasteiger partial charge on any atom is -0.484 e. The standard InChI is InChI=1S/C15H17ClN2O2/c1-10-7-12(11(2)18-10)8-17-15(19)9-20-14-5-3-13(16)4-6-14/h3-7,18H,8-9H2,1-2H3,(H,17,19). The highest BCUT2D eigenvalue weighted by Crippen LogP contribution is 2.15. The van der Waals surface area contributed by atoms with Crippen LogP contribution in [0.4, 0.5) is 0 Å². The molecule has 0 saturated carbocycles. The van der Waals surface area contributed by atoms with Crippen LogP contribution < -0.4 is 10.1 Å². The molecule has 2 N–H and O–H groups in total. The van der Waals surface area contributed by atoms with Crippen LogP contribution in [0.2, 0.25) is 5.02 Å². The molecule has 2 aromatic rings. The molecule has 1 aromatic carbocycles. The molecule has 20 heavy (non-hydrogen) atoms. The molecule has 0 aliphatic heterocycles. The van der Waals surface area contributed by atoms with E-state index >= 15 is 0 Å². The van der Waals surface area contributed by atoms with Crippen molar-refractivity contribution < 1.29 is 9.53 Å². The number of benzene rings is 1. The van der Waals surface area contributed by atoms with Gasteiger partial charge in [-0.3, -0.25) is 4.79 Å². The highest BCUT2D eigenvalue weighted by atomic mass is 35.5. The Labute approximate surface area is 123 Å². The maximum absolute atomic E-state index is 11.7. The van der Waals surface area contributed by atoms with Crippen LogP contribution in [-0.4, -0.2) is 17.5 Å². The number of amides is 1. The third kappa shape index (κ3) is 4.03. The molecule has 106 valence electrons. The SMILES string of the molecule is Cc1cc(CNC(=O)COc2ccc(Cl)cc2)c(C)[nH]1. The highest BCUT2D eigenvalue weighted by molar-refractivity contribution is 6.30. The third-order valence-electron chi connectivity index (χ3n) is 2.92. The number of hydrogen-bond acceptors (Lipinski definition) is 2. The number of aryl methyl sites for hydroxylation is 2. The summed E-state index contributed by atoms with van der Waals surface area (Å²) in [6.45, 7) is 4.46. The quantitative estimate of drug-likeness (QED) is 0.890. The number of aromatic amines is 1. The molecule has 0 unspecified atom stereocenters. The highest BCUT2D eigenvalue weighted by Gasteiger charge is 2.06.